The SMILES string of the molecule is Cc1cc(C(C)N2Cc3c(ccnc3C(=O)NC[C@@H](C)O)C2=O)cnc1-n1cc(Cl)cn1. The van der Waals surface area contributed by atoms with Gasteiger partial charge in [-0.2, -0.15) is 5.10 Å². The van der Waals surface area contributed by atoms with Gasteiger partial charge in [0.1, 0.15) is 5.69 Å². The molecule has 9 nitrogen and oxygen atoms in total. The molecule has 10 heteroatoms. The Bertz CT molecular complexity index is 1190. The summed E-state index contributed by atoms with van der Waals surface area (Å²) < 4.78 is 1.60. The minimum atomic E-state index is -0.676. The van der Waals surface area contributed by atoms with E-state index in [1.165, 1.54) is 6.20 Å². The van der Waals surface area contributed by atoms with Gasteiger partial charge in [0, 0.05) is 36.6 Å². The highest BCUT2D eigenvalue weighted by Gasteiger charge is 2.35. The minimum Gasteiger partial charge on any atom is -0.392 e. The summed E-state index contributed by atoms with van der Waals surface area (Å²) in [5, 5.41) is 16.8. The van der Waals surface area contributed by atoms with Crippen LogP contribution < -0.4 is 5.32 Å². The maximum atomic E-state index is 13.1. The van der Waals surface area contributed by atoms with Gasteiger partial charge in [0.25, 0.3) is 11.8 Å². The molecule has 0 spiro atoms. The first kappa shape index (κ1) is 21.9. The molecule has 2 atom stereocenters. The third-order valence-corrected chi connectivity index (χ3v) is 5.63. The lowest BCUT2D eigenvalue weighted by Crippen LogP contribution is -2.32. The van der Waals surface area contributed by atoms with Crippen molar-refractivity contribution >= 4 is 23.4 Å². The summed E-state index contributed by atoms with van der Waals surface area (Å²) in [6.07, 6.45) is 5.72. The van der Waals surface area contributed by atoms with Crippen molar-refractivity contribution in [2.75, 3.05) is 6.54 Å². The second kappa shape index (κ2) is 8.68. The summed E-state index contributed by atoms with van der Waals surface area (Å²) in [6, 6.07) is 3.32. The van der Waals surface area contributed by atoms with Gasteiger partial charge < -0.3 is 15.3 Å². The number of rotatable bonds is 6. The highest BCUT2D eigenvalue weighted by Crippen LogP contribution is 2.32. The van der Waals surface area contributed by atoms with E-state index < -0.39 is 12.0 Å². The van der Waals surface area contributed by atoms with Gasteiger partial charge in [-0.1, -0.05) is 11.6 Å². The molecule has 3 aromatic rings. The van der Waals surface area contributed by atoms with E-state index in [2.05, 4.69) is 20.4 Å². The molecule has 0 fully saturated rings. The first-order valence-corrected chi connectivity index (χ1v) is 10.6. The topological polar surface area (TPSA) is 113 Å². The van der Waals surface area contributed by atoms with E-state index in [4.69, 9.17) is 11.6 Å². The molecular formula is C22H23ClN6O3. The molecule has 166 valence electrons. The number of carbonyl (C=O) groups excluding carboxylic acids is 2. The van der Waals surface area contributed by atoms with Crippen molar-refractivity contribution in [1.29, 1.82) is 0 Å². The van der Waals surface area contributed by atoms with Gasteiger partial charge in [0.05, 0.1) is 29.6 Å². The predicted molar refractivity (Wildman–Crippen MR) is 118 cm³/mol. The minimum absolute atomic E-state index is 0.108. The molecule has 3 aromatic heterocycles. The second-order valence-corrected chi connectivity index (χ2v) is 8.30. The van der Waals surface area contributed by atoms with Gasteiger partial charge in [0.2, 0.25) is 0 Å². The number of aryl methyl sites for hydroxylation is 1. The third kappa shape index (κ3) is 4.09. The van der Waals surface area contributed by atoms with E-state index in [-0.39, 0.29) is 30.7 Å². The lowest BCUT2D eigenvalue weighted by Gasteiger charge is -2.25. The highest BCUT2D eigenvalue weighted by molar-refractivity contribution is 6.30. The van der Waals surface area contributed by atoms with Gasteiger partial charge in [-0.15, -0.1) is 0 Å². The molecule has 0 aromatic carbocycles. The normalized spacial score (nSPS) is 14.9. The first-order chi connectivity index (χ1) is 15.3. The Morgan fingerprint density at radius 1 is 1.31 bits per heavy atom. The Morgan fingerprint density at radius 2 is 2.09 bits per heavy atom. The van der Waals surface area contributed by atoms with Crippen molar-refractivity contribution in [2.24, 2.45) is 0 Å². The van der Waals surface area contributed by atoms with Crippen LogP contribution in [-0.4, -0.2) is 54.2 Å². The number of hydrogen-bond donors (Lipinski definition) is 2. The summed E-state index contributed by atoms with van der Waals surface area (Å²) in [6.45, 7) is 5.79. The number of amides is 2. The molecule has 4 heterocycles. The summed E-state index contributed by atoms with van der Waals surface area (Å²) in [4.78, 5) is 36.0. The molecule has 2 N–H and O–H groups in total. The summed E-state index contributed by atoms with van der Waals surface area (Å²) in [5.41, 5.74) is 2.99. The Morgan fingerprint density at radius 3 is 2.75 bits per heavy atom. The van der Waals surface area contributed by atoms with E-state index in [1.54, 1.807) is 41.2 Å². The van der Waals surface area contributed by atoms with Crippen LogP contribution in [0.25, 0.3) is 5.82 Å². The van der Waals surface area contributed by atoms with E-state index >= 15 is 0 Å². The number of nitrogens with zero attached hydrogens (tertiary/aromatic N) is 5. The lowest BCUT2D eigenvalue weighted by atomic mass is 10.1. The van der Waals surface area contributed by atoms with Crippen LogP contribution in [0.3, 0.4) is 0 Å². The summed E-state index contributed by atoms with van der Waals surface area (Å²) in [5.74, 6) is 0.0787. The average Bonchev–Trinajstić information content (AvgIpc) is 3.34. The van der Waals surface area contributed by atoms with Crippen LogP contribution in [0.5, 0.6) is 0 Å². The molecule has 1 unspecified atom stereocenters. The fraction of sp³-hybridized carbons (Fsp3) is 0.318. The number of aromatic nitrogens is 4. The van der Waals surface area contributed by atoms with Crippen LogP contribution in [0.15, 0.2) is 36.9 Å². The summed E-state index contributed by atoms with van der Waals surface area (Å²) >= 11 is 5.96. The van der Waals surface area contributed by atoms with Crippen molar-refractivity contribution in [2.45, 2.75) is 39.5 Å². The molecule has 0 aliphatic carbocycles. The molecule has 1 aliphatic rings. The fourth-order valence-electron chi connectivity index (χ4n) is 3.74. The molecule has 0 saturated heterocycles. The maximum Gasteiger partial charge on any atom is 0.270 e. The average molecular weight is 455 g/mol. The van der Waals surface area contributed by atoms with Crippen molar-refractivity contribution in [3.05, 3.63) is 69.9 Å². The monoisotopic (exact) mass is 454 g/mol. The van der Waals surface area contributed by atoms with Crippen molar-refractivity contribution in [1.82, 2.24) is 30.0 Å². The van der Waals surface area contributed by atoms with E-state index in [9.17, 15) is 14.7 Å². The van der Waals surface area contributed by atoms with Gasteiger partial charge in [-0.3, -0.25) is 14.6 Å². The maximum absolute atomic E-state index is 13.1. The van der Waals surface area contributed by atoms with Gasteiger partial charge >= 0.3 is 0 Å². The zero-order valence-corrected chi connectivity index (χ0v) is 18.7. The van der Waals surface area contributed by atoms with Gasteiger partial charge in [-0.05, 0) is 44.0 Å². The largest absolute Gasteiger partial charge is 0.392 e. The Balaban J connectivity index is 1.58. The van der Waals surface area contributed by atoms with Crippen LogP contribution in [-0.2, 0) is 6.54 Å². The van der Waals surface area contributed by atoms with E-state index in [0.717, 1.165) is 11.1 Å². The quantitative estimate of drug-likeness (QED) is 0.591. The van der Waals surface area contributed by atoms with Crippen LogP contribution in [0, 0.1) is 6.92 Å². The predicted octanol–water partition coefficient (Wildman–Crippen LogP) is 2.45. The first-order valence-electron chi connectivity index (χ1n) is 10.2. The van der Waals surface area contributed by atoms with Crippen LogP contribution in [0.1, 0.15) is 57.4 Å². The molecule has 32 heavy (non-hydrogen) atoms. The molecule has 0 saturated carbocycles. The lowest BCUT2D eigenvalue weighted by molar-refractivity contribution is 0.0714. The van der Waals surface area contributed by atoms with Crippen LogP contribution in [0.4, 0.5) is 0 Å². The Hall–Kier alpha value is -3.30. The molecule has 0 radical (unpaired) electrons. The van der Waals surface area contributed by atoms with Crippen LogP contribution in [0.2, 0.25) is 5.02 Å². The summed E-state index contributed by atoms with van der Waals surface area (Å²) in [7, 11) is 0. The molecule has 0 bridgehead atoms. The van der Waals surface area contributed by atoms with Crippen molar-refractivity contribution in [3.63, 3.8) is 0 Å². The number of hydrogen-bond acceptors (Lipinski definition) is 6. The number of aliphatic hydroxyl groups excluding tert-OH is 1. The fourth-order valence-corrected chi connectivity index (χ4v) is 3.87. The molecule has 1 aliphatic heterocycles. The highest BCUT2D eigenvalue weighted by atomic mass is 35.5. The second-order valence-electron chi connectivity index (χ2n) is 7.87. The van der Waals surface area contributed by atoms with Gasteiger partial charge in [-0.25, -0.2) is 9.67 Å². The number of nitrogens with one attached hydrogen (secondary N) is 1. The zero-order valence-electron chi connectivity index (χ0n) is 17.9. The van der Waals surface area contributed by atoms with Gasteiger partial charge in [0.15, 0.2) is 5.82 Å². The van der Waals surface area contributed by atoms with Crippen LogP contribution >= 0.6 is 11.6 Å². The molecular weight excluding hydrogens is 432 g/mol. The number of fused-ring (bicyclic) bond motifs is 1. The molecule has 2 amide bonds. The van der Waals surface area contributed by atoms with Crippen molar-refractivity contribution in [3.8, 4) is 5.82 Å². The van der Waals surface area contributed by atoms with E-state index in [0.29, 0.717) is 22.0 Å². The van der Waals surface area contributed by atoms with Crippen molar-refractivity contribution < 1.29 is 14.7 Å². The number of halogens is 1. The Labute approximate surface area is 190 Å². The standard InChI is InChI=1S/C22H23ClN6O3/c1-12-6-15(8-25-20(12)29-10-16(23)9-27-29)14(3)28-11-18-17(22(28)32)4-5-24-19(18)21(31)26-7-13(2)30/h4-6,8-10,13-14,30H,7,11H2,1-3H3,(H,26,31)/t13-,14?/m1/s1. The number of aliphatic hydroxyl groups is 1. The number of carbonyl (C=O) groups is 2. The smallest absolute Gasteiger partial charge is 0.270 e. The van der Waals surface area contributed by atoms with E-state index in [1.807, 2.05) is 19.9 Å². The third-order valence-electron chi connectivity index (χ3n) is 5.44. The Kier molecular flexibility index (Phi) is 5.94. The zero-order chi connectivity index (χ0) is 23.0. The number of pyridine rings is 2. The molecule has 4 rings (SSSR count).